The van der Waals surface area contributed by atoms with E-state index in [1.807, 2.05) is 47.3 Å². The summed E-state index contributed by atoms with van der Waals surface area (Å²) in [7, 11) is 1.64. The molecule has 0 bridgehead atoms. The van der Waals surface area contributed by atoms with Crippen molar-refractivity contribution >= 4 is 38.2 Å². The number of aryl methyl sites for hydroxylation is 1. The number of ether oxygens (including phenoxy) is 1. The number of fused-ring (bicyclic) bond motifs is 3. The molecule has 1 aliphatic rings. The summed E-state index contributed by atoms with van der Waals surface area (Å²) in [6.07, 6.45) is 5.94. The van der Waals surface area contributed by atoms with Gasteiger partial charge in [0, 0.05) is 33.9 Å². The van der Waals surface area contributed by atoms with E-state index < -0.39 is 5.82 Å². The van der Waals surface area contributed by atoms with E-state index in [-0.39, 0.29) is 16.8 Å². The average molecular weight is 473 g/mol. The number of aromatic nitrogens is 3. The molecule has 0 aliphatic heterocycles. The van der Waals surface area contributed by atoms with Crippen LogP contribution in [0.3, 0.4) is 0 Å². The van der Waals surface area contributed by atoms with Crippen molar-refractivity contribution in [1.29, 1.82) is 0 Å². The van der Waals surface area contributed by atoms with Gasteiger partial charge in [-0.1, -0.05) is 18.2 Å². The van der Waals surface area contributed by atoms with Crippen LogP contribution in [0.25, 0.3) is 26.7 Å². The Morgan fingerprint density at radius 3 is 2.94 bits per heavy atom. The van der Waals surface area contributed by atoms with E-state index >= 15 is 0 Å². The van der Waals surface area contributed by atoms with Crippen LogP contribution in [0.5, 0.6) is 5.75 Å². The van der Waals surface area contributed by atoms with Gasteiger partial charge in [0.05, 0.1) is 24.0 Å². The van der Waals surface area contributed by atoms with Gasteiger partial charge in [-0.15, -0.1) is 11.3 Å². The van der Waals surface area contributed by atoms with Crippen molar-refractivity contribution in [1.82, 2.24) is 20.1 Å². The molecule has 1 N–H and O–H groups in total. The number of carbonyl (C=O) groups is 1. The molecule has 1 unspecified atom stereocenters. The molecule has 6 rings (SSSR count). The number of nitrogens with one attached hydrogen (secondary N) is 1. The molecule has 0 fully saturated rings. The van der Waals surface area contributed by atoms with Gasteiger partial charge in [0.15, 0.2) is 5.82 Å². The highest BCUT2D eigenvalue weighted by atomic mass is 32.1. The molecule has 0 saturated heterocycles. The van der Waals surface area contributed by atoms with Crippen LogP contribution in [0, 0.1) is 5.82 Å². The van der Waals surface area contributed by atoms with Crippen LogP contribution in [0.1, 0.15) is 27.3 Å². The molecular formula is C26H21FN4O2S. The van der Waals surface area contributed by atoms with Gasteiger partial charge in [-0.05, 0) is 55.2 Å². The van der Waals surface area contributed by atoms with Crippen LogP contribution >= 0.6 is 11.3 Å². The molecular weight excluding hydrogens is 451 g/mol. The Balaban J connectivity index is 1.25. The summed E-state index contributed by atoms with van der Waals surface area (Å²) in [5, 5.41) is 9.30. The summed E-state index contributed by atoms with van der Waals surface area (Å²) >= 11 is 1.19. The number of methoxy groups -OCH3 is 1. The van der Waals surface area contributed by atoms with E-state index in [9.17, 15) is 9.18 Å². The number of carbonyl (C=O) groups excluding carboxylic acids is 1. The van der Waals surface area contributed by atoms with E-state index in [1.165, 1.54) is 11.3 Å². The average Bonchev–Trinajstić information content (AvgIpc) is 3.44. The molecule has 1 aliphatic carbocycles. The molecule has 0 saturated carbocycles. The molecule has 0 radical (unpaired) electrons. The minimum atomic E-state index is -0.442. The first-order valence-corrected chi connectivity index (χ1v) is 11.9. The summed E-state index contributed by atoms with van der Waals surface area (Å²) in [6.45, 7) is 0. The lowest BCUT2D eigenvalue weighted by atomic mass is 9.93. The Hall–Kier alpha value is -3.78. The van der Waals surface area contributed by atoms with E-state index in [1.54, 1.807) is 25.4 Å². The van der Waals surface area contributed by atoms with Crippen molar-refractivity contribution in [2.24, 2.45) is 0 Å². The van der Waals surface area contributed by atoms with E-state index in [0.29, 0.717) is 11.8 Å². The first-order chi connectivity index (χ1) is 16.6. The fourth-order valence-electron chi connectivity index (χ4n) is 4.60. The molecule has 34 heavy (non-hydrogen) atoms. The van der Waals surface area contributed by atoms with Crippen LogP contribution in [-0.4, -0.2) is 33.8 Å². The molecule has 3 heterocycles. The minimum Gasteiger partial charge on any atom is -0.497 e. The lowest BCUT2D eigenvalue weighted by molar-refractivity contribution is 0.0934. The highest BCUT2D eigenvalue weighted by molar-refractivity contribution is 7.20. The lowest BCUT2D eigenvalue weighted by Gasteiger charge is -2.22. The van der Waals surface area contributed by atoms with Crippen molar-refractivity contribution in [3.05, 3.63) is 82.9 Å². The van der Waals surface area contributed by atoms with Gasteiger partial charge in [-0.2, -0.15) is 5.10 Å². The predicted molar refractivity (Wildman–Crippen MR) is 130 cm³/mol. The second-order valence-corrected chi connectivity index (χ2v) is 9.47. The lowest BCUT2D eigenvalue weighted by Crippen LogP contribution is -2.38. The number of halogens is 1. The fraction of sp³-hybridized carbons (Fsp3) is 0.192. The second-order valence-electron chi connectivity index (χ2n) is 8.41. The summed E-state index contributed by atoms with van der Waals surface area (Å²) in [5.41, 5.74) is 3.89. The smallest absolute Gasteiger partial charge is 0.264 e. The highest BCUT2D eigenvalue weighted by Gasteiger charge is 2.26. The van der Waals surface area contributed by atoms with Gasteiger partial charge in [0.2, 0.25) is 0 Å². The van der Waals surface area contributed by atoms with Crippen molar-refractivity contribution in [2.45, 2.75) is 25.3 Å². The standard InChI is InChI=1S/C26H21FN4O2S/c1-33-17-7-9-21-19(13-17)22(10-11-28-21)31-14-15-12-16(6-8-20(15)30-31)29-26(32)25-24(27)18-4-2-3-5-23(18)34-25/h2-5,7,9-11,13-14,16H,6,8,12H2,1H3,(H,29,32). The van der Waals surface area contributed by atoms with Gasteiger partial charge in [0.1, 0.15) is 10.6 Å². The SMILES string of the molecule is COc1ccc2nccc(-n3cc4c(n3)CCC(NC(=O)c3sc5ccccc5c3F)C4)c2c1. The number of hydrogen-bond donors (Lipinski definition) is 1. The Bertz CT molecular complexity index is 1560. The Labute approximate surface area is 199 Å². The van der Waals surface area contributed by atoms with Crippen LogP contribution in [0.2, 0.25) is 0 Å². The number of nitrogens with zero attached hydrogens (tertiary/aromatic N) is 3. The monoisotopic (exact) mass is 472 g/mol. The zero-order valence-electron chi connectivity index (χ0n) is 18.4. The molecule has 3 aromatic heterocycles. The number of hydrogen-bond acceptors (Lipinski definition) is 5. The van der Waals surface area contributed by atoms with Crippen LogP contribution in [-0.2, 0) is 12.8 Å². The first kappa shape index (κ1) is 20.8. The summed E-state index contributed by atoms with van der Waals surface area (Å²) < 4.78 is 22.8. The molecule has 6 nitrogen and oxygen atoms in total. The maximum Gasteiger partial charge on any atom is 0.264 e. The van der Waals surface area contributed by atoms with E-state index in [0.717, 1.165) is 51.1 Å². The number of rotatable bonds is 4. The van der Waals surface area contributed by atoms with Crippen LogP contribution in [0.15, 0.2) is 60.9 Å². The van der Waals surface area contributed by atoms with Crippen molar-refractivity contribution < 1.29 is 13.9 Å². The van der Waals surface area contributed by atoms with Gasteiger partial charge in [-0.25, -0.2) is 9.07 Å². The Kier molecular flexibility index (Phi) is 5.03. The maximum absolute atomic E-state index is 14.8. The topological polar surface area (TPSA) is 69.0 Å². The molecule has 5 aromatic rings. The molecule has 0 spiro atoms. The zero-order valence-corrected chi connectivity index (χ0v) is 19.2. The number of amides is 1. The zero-order chi connectivity index (χ0) is 23.2. The van der Waals surface area contributed by atoms with Gasteiger partial charge >= 0.3 is 0 Å². The fourth-order valence-corrected chi connectivity index (χ4v) is 5.59. The second kappa shape index (κ2) is 8.22. The van der Waals surface area contributed by atoms with Crippen molar-refractivity contribution in [3.8, 4) is 11.4 Å². The molecule has 1 atom stereocenters. The Morgan fingerprint density at radius 2 is 2.09 bits per heavy atom. The maximum atomic E-state index is 14.8. The predicted octanol–water partition coefficient (Wildman–Crippen LogP) is 5.07. The summed E-state index contributed by atoms with van der Waals surface area (Å²) in [6, 6.07) is 14.8. The van der Waals surface area contributed by atoms with E-state index in [2.05, 4.69) is 10.3 Å². The van der Waals surface area contributed by atoms with Crippen LogP contribution < -0.4 is 10.1 Å². The largest absolute Gasteiger partial charge is 0.497 e. The summed E-state index contributed by atoms with van der Waals surface area (Å²) in [4.78, 5) is 17.5. The summed E-state index contributed by atoms with van der Waals surface area (Å²) in [5.74, 6) is -0.0379. The molecule has 8 heteroatoms. The third-order valence-corrected chi connectivity index (χ3v) is 7.47. The van der Waals surface area contributed by atoms with Gasteiger partial charge in [-0.3, -0.25) is 9.78 Å². The van der Waals surface area contributed by atoms with E-state index in [4.69, 9.17) is 9.84 Å². The Morgan fingerprint density at radius 1 is 1.21 bits per heavy atom. The minimum absolute atomic E-state index is 0.0726. The number of benzene rings is 2. The van der Waals surface area contributed by atoms with Crippen molar-refractivity contribution in [3.63, 3.8) is 0 Å². The highest BCUT2D eigenvalue weighted by Crippen LogP contribution is 2.31. The van der Waals surface area contributed by atoms with Gasteiger partial charge in [0.25, 0.3) is 5.91 Å². The molecule has 1 amide bonds. The van der Waals surface area contributed by atoms with Crippen LogP contribution in [0.4, 0.5) is 4.39 Å². The van der Waals surface area contributed by atoms with Crippen molar-refractivity contribution in [2.75, 3.05) is 7.11 Å². The molecule has 2 aromatic carbocycles. The third kappa shape index (κ3) is 3.51. The first-order valence-electron chi connectivity index (χ1n) is 11.1. The quantitative estimate of drug-likeness (QED) is 0.397. The number of thiophene rings is 1. The normalized spacial score (nSPS) is 15.4. The molecule has 170 valence electrons. The third-order valence-electron chi connectivity index (χ3n) is 6.32. The van der Waals surface area contributed by atoms with Gasteiger partial charge < -0.3 is 10.1 Å². The number of pyridine rings is 1.